The van der Waals surface area contributed by atoms with Crippen molar-refractivity contribution < 1.29 is 47.6 Å². The zero-order chi connectivity index (χ0) is 54.4. The van der Waals surface area contributed by atoms with Crippen LogP contribution in [0.2, 0.25) is 0 Å². The first kappa shape index (κ1) is 71.2. The Morgan fingerprint density at radius 3 is 1.11 bits per heavy atom. The molecule has 0 aliphatic rings. The summed E-state index contributed by atoms with van der Waals surface area (Å²) >= 11 is 0. The molecule has 0 spiro atoms. The fraction of sp³-hybridized carbons (Fsp3) is 0.905. The molecule has 0 fully saturated rings. The summed E-state index contributed by atoms with van der Waals surface area (Å²) < 4.78 is 34.6. The molecule has 0 bridgehead atoms. The van der Waals surface area contributed by atoms with E-state index >= 15 is 0 Å². The van der Waals surface area contributed by atoms with Gasteiger partial charge in [0.15, 0.2) is 0 Å². The van der Waals surface area contributed by atoms with E-state index in [0.29, 0.717) is 37.9 Å². The summed E-state index contributed by atoms with van der Waals surface area (Å²) in [5.41, 5.74) is 0. The Bertz CT molecular complexity index is 1180. The van der Waals surface area contributed by atoms with Crippen LogP contribution >= 0.6 is 0 Å². The Labute approximate surface area is 456 Å². The smallest absolute Gasteiger partial charge is 0.498 e. The van der Waals surface area contributed by atoms with Crippen molar-refractivity contribution in [2.75, 3.05) is 46.1 Å². The van der Waals surface area contributed by atoms with Gasteiger partial charge < -0.3 is 33.3 Å². The molecule has 0 aliphatic carbocycles. The van der Waals surface area contributed by atoms with Gasteiger partial charge in [0.25, 0.3) is 0 Å². The van der Waals surface area contributed by atoms with Crippen LogP contribution in [0, 0.1) is 5.92 Å². The summed E-state index contributed by atoms with van der Waals surface area (Å²) in [7, 11) is 0. The molecule has 0 saturated carbocycles. The summed E-state index contributed by atoms with van der Waals surface area (Å²) in [5.74, 6) is -0.237. The zero-order valence-electron chi connectivity index (χ0n) is 49.4. The lowest BCUT2D eigenvalue weighted by Crippen LogP contribution is -2.26. The molecular formula is C63H119NO10. The van der Waals surface area contributed by atoms with E-state index in [1.54, 1.807) is 0 Å². The van der Waals surface area contributed by atoms with Crippen LogP contribution in [0.15, 0.2) is 12.3 Å². The van der Waals surface area contributed by atoms with Gasteiger partial charge in [-0.15, -0.1) is 0 Å². The summed E-state index contributed by atoms with van der Waals surface area (Å²) in [6.45, 7) is 20.5. The molecule has 74 heavy (non-hydrogen) atoms. The third-order valence-corrected chi connectivity index (χ3v) is 14.4. The SMILES string of the molecule is C=C(CCCCCCC(=O)OC(CCCCCCCC)CCCCCCCC)OCC(COC(=O)CCCCCCC(=O)OC(CCCCCCCC)CCCCCCCC)COC(=O)OCCCN(CC)CC. The van der Waals surface area contributed by atoms with Crippen LogP contribution in [-0.4, -0.2) is 87.2 Å². The Balaban J connectivity index is 4.86. The molecule has 0 aliphatic heterocycles. The summed E-state index contributed by atoms with van der Waals surface area (Å²) in [6, 6.07) is 0. The van der Waals surface area contributed by atoms with E-state index in [1.807, 2.05) is 0 Å². The number of allylic oxidation sites excluding steroid dienone is 1. The fourth-order valence-corrected chi connectivity index (χ4v) is 9.41. The van der Waals surface area contributed by atoms with Crippen LogP contribution in [0.1, 0.15) is 305 Å². The minimum absolute atomic E-state index is 0.0147. The quantitative estimate of drug-likeness (QED) is 0.0250. The molecule has 0 heterocycles. The fourth-order valence-electron chi connectivity index (χ4n) is 9.41. The van der Waals surface area contributed by atoms with Crippen molar-refractivity contribution in [2.45, 2.75) is 317 Å². The molecule has 11 heteroatoms. The van der Waals surface area contributed by atoms with Crippen molar-refractivity contribution in [1.29, 1.82) is 0 Å². The van der Waals surface area contributed by atoms with E-state index in [2.05, 4.69) is 53.0 Å². The van der Waals surface area contributed by atoms with Gasteiger partial charge in [-0.1, -0.05) is 202 Å². The van der Waals surface area contributed by atoms with Crippen LogP contribution in [0.25, 0.3) is 0 Å². The first-order valence-electron chi connectivity index (χ1n) is 31.5. The minimum Gasteiger partial charge on any atom is -0.498 e. The lowest BCUT2D eigenvalue weighted by atomic mass is 10.0. The minimum atomic E-state index is -0.746. The van der Waals surface area contributed by atoms with Gasteiger partial charge in [0.2, 0.25) is 0 Å². The first-order chi connectivity index (χ1) is 36.1. The number of unbranched alkanes of at least 4 members (excludes halogenated alkanes) is 26. The number of hydrogen-bond donors (Lipinski definition) is 0. The summed E-state index contributed by atoms with van der Waals surface area (Å²) in [6.07, 6.45) is 42.1. The van der Waals surface area contributed by atoms with Crippen LogP contribution in [0.3, 0.4) is 0 Å². The predicted molar refractivity (Wildman–Crippen MR) is 306 cm³/mol. The molecule has 0 aromatic rings. The highest BCUT2D eigenvalue weighted by molar-refractivity contribution is 5.70. The third kappa shape index (κ3) is 48.8. The van der Waals surface area contributed by atoms with Crippen molar-refractivity contribution in [3.05, 3.63) is 12.3 Å². The van der Waals surface area contributed by atoms with Crippen molar-refractivity contribution >= 4 is 24.1 Å². The second-order valence-corrected chi connectivity index (χ2v) is 21.5. The number of nitrogens with zero attached hydrogens (tertiary/aromatic N) is 1. The number of ether oxygens (including phenoxy) is 6. The number of carbonyl (C=O) groups is 4. The van der Waals surface area contributed by atoms with Gasteiger partial charge in [0, 0.05) is 32.2 Å². The maximum absolute atomic E-state index is 12.9. The molecule has 11 nitrogen and oxygen atoms in total. The second-order valence-electron chi connectivity index (χ2n) is 21.5. The van der Waals surface area contributed by atoms with Gasteiger partial charge in [-0.3, -0.25) is 14.4 Å². The van der Waals surface area contributed by atoms with Crippen LogP contribution in [-0.2, 0) is 42.8 Å². The molecule has 0 radical (unpaired) electrons. The van der Waals surface area contributed by atoms with E-state index in [1.165, 1.54) is 128 Å². The summed E-state index contributed by atoms with van der Waals surface area (Å²) in [4.78, 5) is 53.4. The Morgan fingerprint density at radius 1 is 0.365 bits per heavy atom. The van der Waals surface area contributed by atoms with Crippen molar-refractivity contribution in [3.63, 3.8) is 0 Å². The molecule has 0 saturated heterocycles. The zero-order valence-corrected chi connectivity index (χ0v) is 49.4. The van der Waals surface area contributed by atoms with E-state index < -0.39 is 12.1 Å². The normalized spacial score (nSPS) is 11.9. The molecule has 0 aromatic carbocycles. The molecule has 436 valence electrons. The Kier molecular flexibility index (Phi) is 52.9. The van der Waals surface area contributed by atoms with Crippen molar-refractivity contribution in [3.8, 4) is 0 Å². The Hall–Kier alpha value is -2.82. The van der Waals surface area contributed by atoms with E-state index in [0.717, 1.165) is 116 Å². The van der Waals surface area contributed by atoms with E-state index in [9.17, 15) is 19.2 Å². The lowest BCUT2D eigenvalue weighted by molar-refractivity contribution is -0.151. The number of rotatable bonds is 57. The van der Waals surface area contributed by atoms with Crippen LogP contribution in [0.5, 0.6) is 0 Å². The number of hydrogen-bond acceptors (Lipinski definition) is 11. The highest BCUT2D eigenvalue weighted by Gasteiger charge is 2.19. The van der Waals surface area contributed by atoms with Gasteiger partial charge in [-0.05, 0) is 96.6 Å². The second kappa shape index (κ2) is 55.0. The van der Waals surface area contributed by atoms with Gasteiger partial charge in [-0.2, -0.15) is 0 Å². The number of esters is 3. The molecule has 1 unspecified atom stereocenters. The standard InChI is InChI=1S/C63H119NO10/c1-8-14-18-22-26-35-44-58(45-36-27-23-19-15-9-2)73-61(66)49-40-31-30-34-43-56(7)70-53-57(55-72-63(68)69-52-42-51-64(12-5)13-6)54-71-60(65)48-39-32-33-41-50-62(67)74-59(46-37-28-24-20-16-10-3)47-38-29-25-21-17-11-4/h57-59H,7-55H2,1-6H3. The van der Waals surface area contributed by atoms with Crippen molar-refractivity contribution in [2.24, 2.45) is 5.92 Å². The van der Waals surface area contributed by atoms with E-state index in [-0.39, 0.29) is 63.0 Å². The maximum Gasteiger partial charge on any atom is 0.508 e. The monoisotopic (exact) mass is 1050 g/mol. The maximum atomic E-state index is 12.9. The molecule has 0 rings (SSSR count). The molecule has 0 amide bonds. The molecular weight excluding hydrogens is 931 g/mol. The number of carbonyl (C=O) groups excluding carboxylic acids is 4. The average Bonchev–Trinajstić information content (AvgIpc) is 3.39. The lowest BCUT2D eigenvalue weighted by Gasteiger charge is -2.19. The predicted octanol–water partition coefficient (Wildman–Crippen LogP) is 18.1. The first-order valence-corrected chi connectivity index (χ1v) is 31.5. The Morgan fingerprint density at radius 2 is 0.703 bits per heavy atom. The topological polar surface area (TPSA) is 127 Å². The van der Waals surface area contributed by atoms with E-state index in [4.69, 9.17) is 28.4 Å². The molecule has 1 atom stereocenters. The van der Waals surface area contributed by atoms with Gasteiger partial charge in [-0.25, -0.2) is 4.79 Å². The average molecular weight is 1050 g/mol. The highest BCUT2D eigenvalue weighted by atomic mass is 16.7. The molecule has 0 aromatic heterocycles. The largest absolute Gasteiger partial charge is 0.508 e. The van der Waals surface area contributed by atoms with Gasteiger partial charge >= 0.3 is 24.1 Å². The van der Waals surface area contributed by atoms with Crippen molar-refractivity contribution in [1.82, 2.24) is 4.90 Å². The summed E-state index contributed by atoms with van der Waals surface area (Å²) in [5, 5.41) is 0. The van der Waals surface area contributed by atoms with Crippen LogP contribution in [0.4, 0.5) is 4.79 Å². The molecule has 0 N–H and O–H groups in total. The van der Waals surface area contributed by atoms with Gasteiger partial charge in [0.1, 0.15) is 25.4 Å². The van der Waals surface area contributed by atoms with Crippen LogP contribution < -0.4 is 0 Å². The third-order valence-electron chi connectivity index (χ3n) is 14.4. The van der Waals surface area contributed by atoms with Gasteiger partial charge in [0.05, 0.1) is 24.9 Å². The highest BCUT2D eigenvalue weighted by Crippen LogP contribution is 2.21.